The molecule has 0 unspecified atom stereocenters. The third kappa shape index (κ3) is 11.9. The molecule has 0 aromatic carbocycles. The minimum Gasteiger partial charge on any atom is -0.396 e. The molecule has 0 fully saturated rings. The molecule has 3 nitrogen and oxygen atoms in total. The normalized spacial score (nSPS) is 11.8. The van der Waals surface area contributed by atoms with Gasteiger partial charge in [0.05, 0.1) is 0 Å². The largest absolute Gasteiger partial charge is 0.396 e. The van der Waals surface area contributed by atoms with Gasteiger partial charge in [0.15, 0.2) is 6.29 Å². The summed E-state index contributed by atoms with van der Waals surface area (Å²) >= 11 is 0. The fraction of sp³-hybridized carbons (Fsp3) is 0.857. The highest BCUT2D eigenvalue weighted by Crippen LogP contribution is 2.06. The molecule has 0 amide bonds. The first-order valence-corrected chi connectivity index (χ1v) is 6.84. The maximum Gasteiger partial charge on any atom is 0.160 e. The zero-order valence-electron chi connectivity index (χ0n) is 11.4. The number of rotatable bonds is 12. The molecule has 0 spiro atoms. The van der Waals surface area contributed by atoms with Crippen molar-refractivity contribution in [3.8, 4) is 0 Å². The molecule has 17 heavy (non-hydrogen) atoms. The summed E-state index contributed by atoms with van der Waals surface area (Å²) in [4.78, 5) is 0. The van der Waals surface area contributed by atoms with Gasteiger partial charge in [-0.25, -0.2) is 0 Å². The number of hydrogen-bond acceptors (Lipinski definition) is 3. The standard InChI is InChI=1S/C14H28O3/c1-3-5-12-16-14(17-13-6-4-2)10-8-7-9-11-15/h7-8,14-15H,3-6,9-13H2,1-2H3/b8-7-. The van der Waals surface area contributed by atoms with E-state index in [9.17, 15) is 0 Å². The van der Waals surface area contributed by atoms with Crippen LogP contribution in [0.25, 0.3) is 0 Å². The third-order valence-corrected chi connectivity index (χ3v) is 2.39. The van der Waals surface area contributed by atoms with E-state index in [1.54, 1.807) is 0 Å². The first-order chi connectivity index (χ1) is 8.35. The monoisotopic (exact) mass is 244 g/mol. The van der Waals surface area contributed by atoms with Crippen molar-refractivity contribution in [3.05, 3.63) is 12.2 Å². The highest BCUT2D eigenvalue weighted by Gasteiger charge is 2.06. The first-order valence-electron chi connectivity index (χ1n) is 6.84. The minimum atomic E-state index is -0.122. The Labute approximate surface area is 106 Å². The Morgan fingerprint density at radius 3 is 2.06 bits per heavy atom. The van der Waals surface area contributed by atoms with E-state index in [2.05, 4.69) is 13.8 Å². The Bertz CT molecular complexity index is 159. The molecule has 0 saturated heterocycles. The molecule has 1 N–H and O–H groups in total. The molecule has 0 saturated carbocycles. The van der Waals surface area contributed by atoms with E-state index in [1.165, 1.54) is 0 Å². The van der Waals surface area contributed by atoms with Crippen molar-refractivity contribution in [2.75, 3.05) is 19.8 Å². The van der Waals surface area contributed by atoms with Gasteiger partial charge >= 0.3 is 0 Å². The zero-order chi connectivity index (χ0) is 12.8. The van der Waals surface area contributed by atoms with Gasteiger partial charge in [-0.1, -0.05) is 38.8 Å². The van der Waals surface area contributed by atoms with Gasteiger partial charge in [-0.15, -0.1) is 0 Å². The van der Waals surface area contributed by atoms with Crippen LogP contribution in [0.2, 0.25) is 0 Å². The summed E-state index contributed by atoms with van der Waals surface area (Å²) in [5.74, 6) is 0. The van der Waals surface area contributed by atoms with Gasteiger partial charge in [-0.3, -0.25) is 0 Å². The summed E-state index contributed by atoms with van der Waals surface area (Å²) in [5, 5.41) is 8.66. The minimum absolute atomic E-state index is 0.122. The lowest BCUT2D eigenvalue weighted by Gasteiger charge is -2.17. The third-order valence-electron chi connectivity index (χ3n) is 2.39. The van der Waals surface area contributed by atoms with Gasteiger partial charge in [0.1, 0.15) is 0 Å². The summed E-state index contributed by atoms with van der Waals surface area (Å²) in [5.41, 5.74) is 0. The zero-order valence-corrected chi connectivity index (χ0v) is 11.4. The van der Waals surface area contributed by atoms with Crippen LogP contribution < -0.4 is 0 Å². The Balaban J connectivity index is 3.75. The molecule has 0 atom stereocenters. The molecule has 0 heterocycles. The quantitative estimate of drug-likeness (QED) is 0.325. The van der Waals surface area contributed by atoms with Crippen molar-refractivity contribution in [2.45, 2.75) is 58.7 Å². The van der Waals surface area contributed by atoms with E-state index in [0.717, 1.165) is 45.3 Å². The highest BCUT2D eigenvalue weighted by molar-refractivity contribution is 4.82. The van der Waals surface area contributed by atoms with Gasteiger partial charge in [-0.05, 0) is 19.3 Å². The molecule has 0 aliphatic heterocycles. The van der Waals surface area contributed by atoms with Crippen LogP contribution in [0.3, 0.4) is 0 Å². The SMILES string of the molecule is CCCCOC(C/C=C\CCO)OCCCC. The van der Waals surface area contributed by atoms with Crippen LogP contribution in [0.5, 0.6) is 0 Å². The Kier molecular flexibility index (Phi) is 13.4. The summed E-state index contributed by atoms with van der Waals surface area (Å²) in [6, 6.07) is 0. The van der Waals surface area contributed by atoms with Gasteiger partial charge < -0.3 is 14.6 Å². The van der Waals surface area contributed by atoms with E-state index in [0.29, 0.717) is 6.42 Å². The van der Waals surface area contributed by atoms with Crippen LogP contribution in [0.15, 0.2) is 12.2 Å². The molecular formula is C14H28O3. The molecule has 102 valence electrons. The second kappa shape index (κ2) is 13.7. The lowest BCUT2D eigenvalue weighted by molar-refractivity contribution is -0.140. The van der Waals surface area contributed by atoms with Crippen molar-refractivity contribution < 1.29 is 14.6 Å². The number of unbranched alkanes of at least 4 members (excludes halogenated alkanes) is 2. The molecule has 0 aliphatic carbocycles. The Morgan fingerprint density at radius 1 is 1.00 bits per heavy atom. The number of ether oxygens (including phenoxy) is 2. The second-order valence-electron chi connectivity index (χ2n) is 4.10. The first kappa shape index (κ1) is 16.6. The smallest absolute Gasteiger partial charge is 0.160 e. The predicted molar refractivity (Wildman–Crippen MR) is 71.0 cm³/mol. The summed E-state index contributed by atoms with van der Waals surface area (Å²) in [6.45, 7) is 6.03. The summed E-state index contributed by atoms with van der Waals surface area (Å²) < 4.78 is 11.3. The van der Waals surface area contributed by atoms with Gasteiger partial charge in [0.2, 0.25) is 0 Å². The van der Waals surface area contributed by atoms with Crippen LogP contribution >= 0.6 is 0 Å². The van der Waals surface area contributed by atoms with Gasteiger partial charge in [0, 0.05) is 26.2 Å². The van der Waals surface area contributed by atoms with E-state index >= 15 is 0 Å². The van der Waals surface area contributed by atoms with Crippen LogP contribution in [0.4, 0.5) is 0 Å². The maximum absolute atomic E-state index is 8.66. The molecular weight excluding hydrogens is 216 g/mol. The van der Waals surface area contributed by atoms with E-state index < -0.39 is 0 Å². The topological polar surface area (TPSA) is 38.7 Å². The van der Waals surface area contributed by atoms with Crippen LogP contribution in [-0.4, -0.2) is 31.2 Å². The number of hydrogen-bond donors (Lipinski definition) is 1. The Hall–Kier alpha value is -0.380. The van der Waals surface area contributed by atoms with Crippen molar-refractivity contribution in [1.82, 2.24) is 0 Å². The molecule has 0 aromatic heterocycles. The summed E-state index contributed by atoms with van der Waals surface area (Å²) in [7, 11) is 0. The molecule has 0 aliphatic rings. The van der Waals surface area contributed by atoms with Gasteiger partial charge in [-0.2, -0.15) is 0 Å². The number of aliphatic hydroxyl groups excluding tert-OH is 1. The average molecular weight is 244 g/mol. The summed E-state index contributed by atoms with van der Waals surface area (Å²) in [6.07, 6.45) is 9.79. The fourth-order valence-electron chi connectivity index (χ4n) is 1.30. The van der Waals surface area contributed by atoms with Crippen molar-refractivity contribution in [3.63, 3.8) is 0 Å². The number of aliphatic hydroxyl groups is 1. The predicted octanol–water partition coefficient (Wildman–Crippen LogP) is 3.27. The molecule has 3 heteroatoms. The lowest BCUT2D eigenvalue weighted by atomic mass is 10.3. The Morgan fingerprint density at radius 2 is 1.59 bits per heavy atom. The molecule has 0 rings (SSSR count). The maximum atomic E-state index is 8.66. The van der Waals surface area contributed by atoms with E-state index in [-0.39, 0.29) is 12.9 Å². The highest BCUT2D eigenvalue weighted by atomic mass is 16.7. The van der Waals surface area contributed by atoms with Crippen LogP contribution in [0.1, 0.15) is 52.4 Å². The van der Waals surface area contributed by atoms with Crippen LogP contribution in [-0.2, 0) is 9.47 Å². The average Bonchev–Trinajstić information content (AvgIpc) is 2.34. The van der Waals surface area contributed by atoms with E-state index in [1.807, 2.05) is 12.2 Å². The van der Waals surface area contributed by atoms with Crippen molar-refractivity contribution >= 4 is 0 Å². The molecule has 0 radical (unpaired) electrons. The lowest BCUT2D eigenvalue weighted by Crippen LogP contribution is -2.18. The van der Waals surface area contributed by atoms with Gasteiger partial charge in [0.25, 0.3) is 0 Å². The van der Waals surface area contributed by atoms with Crippen LogP contribution in [0, 0.1) is 0 Å². The molecule has 0 aromatic rings. The second-order valence-corrected chi connectivity index (χ2v) is 4.10. The van der Waals surface area contributed by atoms with E-state index in [4.69, 9.17) is 14.6 Å². The fourth-order valence-corrected chi connectivity index (χ4v) is 1.30. The van der Waals surface area contributed by atoms with Crippen molar-refractivity contribution in [2.24, 2.45) is 0 Å². The van der Waals surface area contributed by atoms with Crippen molar-refractivity contribution in [1.29, 1.82) is 0 Å². The molecule has 0 bridgehead atoms.